The van der Waals surface area contributed by atoms with E-state index in [9.17, 15) is 0 Å². The molecule has 1 heterocycles. The maximum atomic E-state index is 5.55. The van der Waals surface area contributed by atoms with E-state index in [1.807, 2.05) is 26.2 Å². The fourth-order valence-corrected chi connectivity index (χ4v) is 1.35. The van der Waals surface area contributed by atoms with Crippen molar-refractivity contribution in [3.05, 3.63) is 24.2 Å². The van der Waals surface area contributed by atoms with Gasteiger partial charge in [-0.1, -0.05) is 0 Å². The van der Waals surface area contributed by atoms with Crippen molar-refractivity contribution < 1.29 is 4.42 Å². The molecule has 80 valence electrons. The quantitative estimate of drug-likeness (QED) is 0.561. The molecule has 0 radical (unpaired) electrons. The molecule has 14 heavy (non-hydrogen) atoms. The molecule has 0 spiro atoms. The predicted molar refractivity (Wildman–Crippen MR) is 56.5 cm³/mol. The lowest BCUT2D eigenvalue weighted by molar-refractivity contribution is 0.125. The largest absolute Gasteiger partial charge is 0.468 e. The summed E-state index contributed by atoms with van der Waals surface area (Å²) in [7, 11) is 4.04. The summed E-state index contributed by atoms with van der Waals surface area (Å²) in [5.41, 5.74) is 2.69. The fraction of sp³-hybridized carbons (Fsp3) is 0.600. The van der Waals surface area contributed by atoms with Crippen molar-refractivity contribution in [1.29, 1.82) is 0 Å². The van der Waals surface area contributed by atoms with Crippen LogP contribution in [0.5, 0.6) is 0 Å². The molecule has 4 nitrogen and oxygen atoms in total. The van der Waals surface area contributed by atoms with Crippen LogP contribution >= 0.6 is 0 Å². The zero-order valence-electron chi connectivity index (χ0n) is 9.24. The number of likely N-dealkylation sites (N-methyl/N-ethyl adjacent to an activating group) is 1. The first-order valence-corrected chi connectivity index (χ1v) is 4.67. The molecule has 0 aliphatic heterocycles. The third-order valence-electron chi connectivity index (χ3n) is 2.85. The number of rotatable bonds is 4. The minimum absolute atomic E-state index is 0.0208. The van der Waals surface area contributed by atoms with Gasteiger partial charge in [0.25, 0.3) is 0 Å². The fourth-order valence-electron chi connectivity index (χ4n) is 1.35. The normalized spacial score (nSPS) is 14.7. The highest BCUT2D eigenvalue weighted by atomic mass is 16.3. The van der Waals surface area contributed by atoms with E-state index in [1.54, 1.807) is 6.26 Å². The van der Waals surface area contributed by atoms with Gasteiger partial charge in [-0.05, 0) is 40.1 Å². The second kappa shape index (κ2) is 4.13. The van der Waals surface area contributed by atoms with E-state index in [1.165, 1.54) is 0 Å². The Bertz CT molecular complexity index is 267. The molecule has 0 saturated carbocycles. The summed E-state index contributed by atoms with van der Waals surface area (Å²) in [4.78, 5) is 2.11. The van der Waals surface area contributed by atoms with E-state index < -0.39 is 0 Å². The van der Waals surface area contributed by atoms with E-state index in [0.29, 0.717) is 0 Å². The SMILES string of the molecule is CN(C)C(C)(C)C(NN)c1ccco1. The smallest absolute Gasteiger partial charge is 0.123 e. The summed E-state index contributed by atoms with van der Waals surface area (Å²) in [6, 6.07) is 3.77. The standard InChI is InChI=1S/C10H19N3O/c1-10(2,13(3)4)9(12-11)8-6-5-7-14-8/h5-7,9,12H,11H2,1-4H3. The third-order valence-corrected chi connectivity index (χ3v) is 2.85. The first kappa shape index (κ1) is 11.2. The zero-order chi connectivity index (χ0) is 10.8. The van der Waals surface area contributed by atoms with Crippen LogP contribution in [0.25, 0.3) is 0 Å². The van der Waals surface area contributed by atoms with Gasteiger partial charge in [-0.15, -0.1) is 0 Å². The summed E-state index contributed by atoms with van der Waals surface area (Å²) < 4.78 is 5.35. The van der Waals surface area contributed by atoms with Crippen molar-refractivity contribution in [3.8, 4) is 0 Å². The van der Waals surface area contributed by atoms with Gasteiger partial charge in [0, 0.05) is 5.54 Å². The van der Waals surface area contributed by atoms with E-state index in [4.69, 9.17) is 10.3 Å². The molecule has 1 aromatic rings. The summed E-state index contributed by atoms with van der Waals surface area (Å²) in [6.07, 6.45) is 1.66. The molecular formula is C10H19N3O. The van der Waals surface area contributed by atoms with Crippen LogP contribution in [0.3, 0.4) is 0 Å². The molecule has 0 aromatic carbocycles. The molecule has 0 fully saturated rings. The van der Waals surface area contributed by atoms with Gasteiger partial charge in [0.15, 0.2) is 0 Å². The number of hydrogen-bond donors (Lipinski definition) is 2. The average Bonchev–Trinajstić information content (AvgIpc) is 2.57. The highest BCUT2D eigenvalue weighted by Gasteiger charge is 2.33. The van der Waals surface area contributed by atoms with Crippen molar-refractivity contribution in [2.45, 2.75) is 25.4 Å². The van der Waals surface area contributed by atoms with Gasteiger partial charge < -0.3 is 9.32 Å². The summed E-state index contributed by atoms with van der Waals surface area (Å²) >= 11 is 0. The number of nitrogens with two attached hydrogens (primary N) is 1. The Morgan fingerprint density at radius 2 is 2.14 bits per heavy atom. The highest BCUT2D eigenvalue weighted by Crippen LogP contribution is 2.28. The minimum atomic E-state index is -0.105. The molecule has 1 aromatic heterocycles. The predicted octanol–water partition coefficient (Wildman–Crippen LogP) is 1.12. The Morgan fingerprint density at radius 1 is 1.50 bits per heavy atom. The Kier molecular flexibility index (Phi) is 3.31. The van der Waals surface area contributed by atoms with Gasteiger partial charge in [0.2, 0.25) is 0 Å². The van der Waals surface area contributed by atoms with Crippen LogP contribution in [0.15, 0.2) is 22.8 Å². The molecular weight excluding hydrogens is 178 g/mol. The molecule has 4 heteroatoms. The number of nitrogens with zero attached hydrogens (tertiary/aromatic N) is 1. The number of nitrogens with one attached hydrogen (secondary N) is 1. The van der Waals surface area contributed by atoms with Crippen LogP contribution in [0.4, 0.5) is 0 Å². The molecule has 0 amide bonds. The van der Waals surface area contributed by atoms with Gasteiger partial charge in [0.1, 0.15) is 5.76 Å². The highest BCUT2D eigenvalue weighted by molar-refractivity contribution is 5.10. The van der Waals surface area contributed by atoms with E-state index in [-0.39, 0.29) is 11.6 Å². The van der Waals surface area contributed by atoms with Crippen molar-refractivity contribution in [1.82, 2.24) is 10.3 Å². The van der Waals surface area contributed by atoms with Gasteiger partial charge in [-0.2, -0.15) is 0 Å². The maximum Gasteiger partial charge on any atom is 0.123 e. The Balaban J connectivity index is 2.92. The van der Waals surface area contributed by atoms with Crippen LogP contribution < -0.4 is 11.3 Å². The van der Waals surface area contributed by atoms with Crippen molar-refractivity contribution in [2.75, 3.05) is 14.1 Å². The second-order valence-electron chi connectivity index (χ2n) is 4.16. The lowest BCUT2D eigenvalue weighted by Gasteiger charge is -2.38. The van der Waals surface area contributed by atoms with Crippen LogP contribution in [0, 0.1) is 0 Å². The molecule has 0 saturated heterocycles. The lowest BCUT2D eigenvalue weighted by atomic mass is 9.92. The molecule has 1 rings (SSSR count). The maximum absolute atomic E-state index is 5.55. The summed E-state index contributed by atoms with van der Waals surface area (Å²) in [5.74, 6) is 6.40. The van der Waals surface area contributed by atoms with Crippen molar-refractivity contribution in [2.24, 2.45) is 5.84 Å². The van der Waals surface area contributed by atoms with Crippen molar-refractivity contribution in [3.63, 3.8) is 0 Å². The summed E-state index contributed by atoms with van der Waals surface area (Å²) in [6.45, 7) is 4.22. The van der Waals surface area contributed by atoms with Crippen LogP contribution in [0.2, 0.25) is 0 Å². The monoisotopic (exact) mass is 197 g/mol. The van der Waals surface area contributed by atoms with Gasteiger partial charge in [-0.3, -0.25) is 5.84 Å². The van der Waals surface area contributed by atoms with Gasteiger partial charge in [-0.25, -0.2) is 5.43 Å². The lowest BCUT2D eigenvalue weighted by Crippen LogP contribution is -2.51. The number of hydrogen-bond acceptors (Lipinski definition) is 4. The second-order valence-corrected chi connectivity index (χ2v) is 4.16. The van der Waals surface area contributed by atoms with Gasteiger partial charge in [0.05, 0.1) is 12.3 Å². The van der Waals surface area contributed by atoms with Gasteiger partial charge >= 0.3 is 0 Å². The Hall–Kier alpha value is -0.840. The molecule has 3 N–H and O–H groups in total. The molecule has 0 aliphatic carbocycles. The molecule has 1 unspecified atom stereocenters. The Labute approximate surface area is 85.0 Å². The number of hydrazine groups is 1. The molecule has 0 aliphatic rings. The number of furan rings is 1. The van der Waals surface area contributed by atoms with E-state index >= 15 is 0 Å². The average molecular weight is 197 g/mol. The third kappa shape index (κ3) is 1.97. The van der Waals surface area contributed by atoms with Crippen LogP contribution in [-0.2, 0) is 0 Å². The molecule has 1 atom stereocenters. The minimum Gasteiger partial charge on any atom is -0.468 e. The van der Waals surface area contributed by atoms with E-state index in [2.05, 4.69) is 24.2 Å². The Morgan fingerprint density at radius 3 is 2.50 bits per heavy atom. The summed E-state index contributed by atoms with van der Waals surface area (Å²) in [5, 5.41) is 0. The topological polar surface area (TPSA) is 54.4 Å². The molecule has 0 bridgehead atoms. The van der Waals surface area contributed by atoms with Crippen LogP contribution in [-0.4, -0.2) is 24.5 Å². The van der Waals surface area contributed by atoms with Crippen molar-refractivity contribution >= 4 is 0 Å². The first-order chi connectivity index (χ1) is 6.50. The van der Waals surface area contributed by atoms with E-state index in [0.717, 1.165) is 5.76 Å². The van der Waals surface area contributed by atoms with Crippen LogP contribution in [0.1, 0.15) is 25.6 Å². The zero-order valence-corrected chi connectivity index (χ0v) is 9.24. The first-order valence-electron chi connectivity index (χ1n) is 4.67.